The van der Waals surface area contributed by atoms with Crippen LogP contribution < -0.4 is 11.5 Å². The molecule has 1 aliphatic rings. The number of rotatable bonds is 1. The lowest BCUT2D eigenvalue weighted by Gasteiger charge is -2.26. The van der Waals surface area contributed by atoms with E-state index in [0.29, 0.717) is 0 Å². The maximum atomic E-state index is 5.88. The molecule has 2 rings (SSSR count). The zero-order chi connectivity index (χ0) is 11.8. The van der Waals surface area contributed by atoms with Crippen LogP contribution in [0.15, 0.2) is 42.1 Å². The van der Waals surface area contributed by atoms with Crippen LogP contribution in [0, 0.1) is 0 Å². The van der Waals surface area contributed by atoms with Crippen molar-refractivity contribution < 1.29 is 0 Å². The molecule has 0 saturated heterocycles. The number of benzene rings is 1. The van der Waals surface area contributed by atoms with Crippen LogP contribution in [-0.4, -0.2) is 3.23 Å². The number of allylic oxidation sites excluding steroid dienone is 4. The molecule has 0 saturated carbocycles. The molecular formula is C12H12Br2N2. The Bertz CT molecular complexity index is 458. The van der Waals surface area contributed by atoms with Gasteiger partial charge in [0.05, 0.1) is 0 Å². The quantitative estimate of drug-likeness (QED) is 0.606. The van der Waals surface area contributed by atoms with Gasteiger partial charge < -0.3 is 11.5 Å². The van der Waals surface area contributed by atoms with Crippen molar-refractivity contribution in [2.45, 2.75) is 9.65 Å². The summed E-state index contributed by atoms with van der Waals surface area (Å²) in [6.45, 7) is 0. The zero-order valence-electron chi connectivity index (χ0n) is 8.58. The normalized spacial score (nSPS) is 18.9. The Hall–Kier alpha value is -0.740. The molecule has 4 heteroatoms. The Morgan fingerprint density at radius 2 is 1.62 bits per heavy atom. The van der Waals surface area contributed by atoms with Gasteiger partial charge in [0.25, 0.3) is 0 Å². The van der Waals surface area contributed by atoms with Gasteiger partial charge in [-0.25, -0.2) is 0 Å². The van der Waals surface area contributed by atoms with Gasteiger partial charge in [0.2, 0.25) is 0 Å². The van der Waals surface area contributed by atoms with E-state index in [1.165, 1.54) is 11.1 Å². The monoisotopic (exact) mass is 342 g/mol. The molecule has 0 spiro atoms. The third kappa shape index (κ3) is 2.33. The molecule has 0 bridgehead atoms. The van der Waals surface area contributed by atoms with Gasteiger partial charge in [-0.05, 0) is 29.3 Å². The lowest BCUT2D eigenvalue weighted by atomic mass is 9.96. The van der Waals surface area contributed by atoms with E-state index >= 15 is 0 Å². The number of hydrogen-bond acceptors (Lipinski definition) is 2. The molecule has 1 aliphatic carbocycles. The molecule has 1 aromatic rings. The van der Waals surface area contributed by atoms with Crippen LogP contribution in [0.3, 0.4) is 0 Å². The van der Waals surface area contributed by atoms with Crippen LogP contribution in [0.5, 0.6) is 0 Å². The van der Waals surface area contributed by atoms with Crippen LogP contribution in [0.4, 0.5) is 5.69 Å². The van der Waals surface area contributed by atoms with Gasteiger partial charge in [0.15, 0.2) is 0 Å². The van der Waals surface area contributed by atoms with E-state index in [4.69, 9.17) is 11.5 Å². The van der Waals surface area contributed by atoms with Gasteiger partial charge in [-0.1, -0.05) is 50.1 Å². The van der Waals surface area contributed by atoms with E-state index < -0.39 is 0 Å². The Morgan fingerprint density at radius 3 is 2.19 bits per heavy atom. The van der Waals surface area contributed by atoms with Gasteiger partial charge in [0, 0.05) is 17.8 Å². The number of halogens is 2. The topological polar surface area (TPSA) is 52.0 Å². The Morgan fingerprint density at radius 1 is 1.00 bits per heavy atom. The predicted octanol–water partition coefficient (Wildman–Crippen LogP) is 3.38. The molecule has 84 valence electrons. The molecule has 0 heterocycles. The number of alkyl halides is 2. The minimum atomic E-state index is -0.328. The minimum Gasteiger partial charge on any atom is -0.400 e. The van der Waals surface area contributed by atoms with E-state index in [9.17, 15) is 0 Å². The summed E-state index contributed by atoms with van der Waals surface area (Å²) >= 11 is 7.14. The minimum absolute atomic E-state index is 0.328. The van der Waals surface area contributed by atoms with Crippen LogP contribution in [-0.2, 0) is 0 Å². The number of nitrogens with two attached hydrogens (primary N) is 2. The second-order valence-electron chi connectivity index (χ2n) is 3.82. The van der Waals surface area contributed by atoms with Gasteiger partial charge >= 0.3 is 0 Å². The molecule has 0 amide bonds. The molecule has 0 radical (unpaired) electrons. The standard InChI is InChI=1S/C12H12Br2N2/c13-12(14)7-9(3-6-11(12)16)8-1-4-10(15)5-2-8/h1-6H,7,15-16H2. The molecule has 0 aromatic heterocycles. The van der Waals surface area contributed by atoms with Crippen LogP contribution in [0.1, 0.15) is 12.0 Å². The highest BCUT2D eigenvalue weighted by Crippen LogP contribution is 2.43. The molecule has 0 unspecified atom stereocenters. The van der Waals surface area contributed by atoms with Crippen LogP contribution in [0.2, 0.25) is 0 Å². The van der Waals surface area contributed by atoms with Gasteiger partial charge in [-0.3, -0.25) is 0 Å². The summed E-state index contributed by atoms with van der Waals surface area (Å²) in [4.78, 5) is 0. The zero-order valence-corrected chi connectivity index (χ0v) is 11.8. The average molecular weight is 344 g/mol. The first-order chi connectivity index (χ1) is 7.49. The lowest BCUT2D eigenvalue weighted by Crippen LogP contribution is -2.24. The first-order valence-electron chi connectivity index (χ1n) is 4.89. The van der Waals surface area contributed by atoms with Crippen molar-refractivity contribution in [2.24, 2.45) is 5.73 Å². The smallest absolute Gasteiger partial charge is 0.123 e. The average Bonchev–Trinajstić information content (AvgIpc) is 2.23. The van der Waals surface area contributed by atoms with Crippen molar-refractivity contribution in [1.29, 1.82) is 0 Å². The van der Waals surface area contributed by atoms with Crippen LogP contribution >= 0.6 is 31.9 Å². The molecule has 0 fully saturated rings. The fourth-order valence-corrected chi connectivity index (χ4v) is 2.48. The molecule has 2 nitrogen and oxygen atoms in total. The highest BCUT2D eigenvalue weighted by atomic mass is 79.9. The number of nitrogen functional groups attached to an aromatic ring is 1. The summed E-state index contributed by atoms with van der Waals surface area (Å²) in [5.41, 5.74) is 15.5. The Kier molecular flexibility index (Phi) is 3.13. The summed E-state index contributed by atoms with van der Waals surface area (Å²) in [6.07, 6.45) is 4.76. The molecule has 16 heavy (non-hydrogen) atoms. The van der Waals surface area contributed by atoms with Crippen LogP contribution in [0.25, 0.3) is 5.57 Å². The first-order valence-corrected chi connectivity index (χ1v) is 6.48. The van der Waals surface area contributed by atoms with E-state index in [0.717, 1.165) is 17.8 Å². The van der Waals surface area contributed by atoms with Crippen molar-refractivity contribution in [3.63, 3.8) is 0 Å². The second kappa shape index (κ2) is 4.26. The summed E-state index contributed by atoms with van der Waals surface area (Å²) in [5, 5.41) is 0. The van der Waals surface area contributed by atoms with Gasteiger partial charge in [0.1, 0.15) is 3.23 Å². The Labute approximate surface area is 112 Å². The molecule has 4 N–H and O–H groups in total. The summed E-state index contributed by atoms with van der Waals surface area (Å²) in [5.74, 6) is 0. The summed E-state index contributed by atoms with van der Waals surface area (Å²) < 4.78 is -0.328. The predicted molar refractivity (Wildman–Crippen MR) is 76.3 cm³/mol. The summed E-state index contributed by atoms with van der Waals surface area (Å²) in [7, 11) is 0. The molecule has 0 aliphatic heterocycles. The van der Waals surface area contributed by atoms with Gasteiger partial charge in [-0.15, -0.1) is 0 Å². The maximum Gasteiger partial charge on any atom is 0.123 e. The van der Waals surface area contributed by atoms with Crippen molar-refractivity contribution in [2.75, 3.05) is 5.73 Å². The molecule has 0 atom stereocenters. The van der Waals surface area contributed by atoms with E-state index in [2.05, 4.69) is 31.9 Å². The highest BCUT2D eigenvalue weighted by molar-refractivity contribution is 9.25. The van der Waals surface area contributed by atoms with E-state index in [1.54, 1.807) is 0 Å². The number of anilines is 1. The van der Waals surface area contributed by atoms with Gasteiger partial charge in [-0.2, -0.15) is 0 Å². The van der Waals surface area contributed by atoms with Crippen molar-refractivity contribution in [3.05, 3.63) is 47.7 Å². The van der Waals surface area contributed by atoms with Crippen molar-refractivity contribution >= 4 is 43.1 Å². The summed E-state index contributed by atoms with van der Waals surface area (Å²) in [6, 6.07) is 7.85. The SMILES string of the molecule is NC1=CC=C(c2ccc(N)cc2)CC1(Br)Br. The largest absolute Gasteiger partial charge is 0.400 e. The van der Waals surface area contributed by atoms with E-state index in [-0.39, 0.29) is 3.23 Å². The Balaban J connectivity index is 2.34. The third-order valence-corrected chi connectivity index (χ3v) is 4.06. The van der Waals surface area contributed by atoms with Crippen molar-refractivity contribution in [1.82, 2.24) is 0 Å². The number of hydrogen-bond donors (Lipinski definition) is 2. The highest BCUT2D eigenvalue weighted by Gasteiger charge is 2.29. The lowest BCUT2D eigenvalue weighted by molar-refractivity contribution is 0.950. The van der Waals surface area contributed by atoms with Crippen molar-refractivity contribution in [3.8, 4) is 0 Å². The molecule has 1 aromatic carbocycles. The first kappa shape index (κ1) is 11.7. The molecular weight excluding hydrogens is 332 g/mol. The third-order valence-electron chi connectivity index (χ3n) is 2.58. The second-order valence-corrected chi connectivity index (χ2v) is 7.59. The fourth-order valence-electron chi connectivity index (χ4n) is 1.61. The maximum absolute atomic E-state index is 5.88. The fraction of sp³-hybridized carbons (Fsp3) is 0.167. The van der Waals surface area contributed by atoms with E-state index in [1.807, 2.05) is 36.4 Å².